The Morgan fingerprint density at radius 3 is 1.78 bits per heavy atom. The van der Waals surface area contributed by atoms with Crippen molar-refractivity contribution in [2.75, 3.05) is 0 Å². The highest BCUT2D eigenvalue weighted by molar-refractivity contribution is 6.30. The third kappa shape index (κ3) is 3.09. The van der Waals surface area contributed by atoms with Gasteiger partial charge >= 0.3 is 0 Å². The van der Waals surface area contributed by atoms with Crippen LogP contribution in [-0.2, 0) is 0 Å². The summed E-state index contributed by atoms with van der Waals surface area (Å²) >= 11 is 5.76. The van der Waals surface area contributed by atoms with E-state index in [1.54, 1.807) is 24.3 Å². The topological polar surface area (TPSA) is 43.1 Å². The monoisotopic (exact) mass is 257 g/mol. The molecule has 0 aliphatic carbocycles. The zero-order valence-corrected chi connectivity index (χ0v) is 10.0. The van der Waals surface area contributed by atoms with Crippen molar-refractivity contribution in [2.45, 2.75) is 0 Å². The van der Waals surface area contributed by atoms with E-state index in [1.165, 1.54) is 12.1 Å². The summed E-state index contributed by atoms with van der Waals surface area (Å²) < 4.78 is 0. The van der Waals surface area contributed by atoms with E-state index in [2.05, 4.69) is 11.8 Å². The van der Waals surface area contributed by atoms with Crippen LogP contribution in [0.1, 0.15) is 11.1 Å². The molecule has 0 aliphatic heterocycles. The van der Waals surface area contributed by atoms with Gasteiger partial charge in [0.05, 0.1) is 4.92 Å². The fourth-order valence-corrected chi connectivity index (χ4v) is 1.47. The van der Waals surface area contributed by atoms with E-state index >= 15 is 0 Å². The summed E-state index contributed by atoms with van der Waals surface area (Å²) in [5, 5.41) is 11.1. The van der Waals surface area contributed by atoms with Crippen LogP contribution in [0.25, 0.3) is 0 Å². The van der Waals surface area contributed by atoms with Gasteiger partial charge in [-0.15, -0.1) is 0 Å². The van der Waals surface area contributed by atoms with Gasteiger partial charge in [-0.2, -0.15) is 0 Å². The summed E-state index contributed by atoms with van der Waals surface area (Å²) in [5.74, 6) is 5.89. The molecule has 0 unspecified atom stereocenters. The number of hydrogen-bond donors (Lipinski definition) is 0. The Morgan fingerprint density at radius 2 is 1.33 bits per heavy atom. The van der Waals surface area contributed by atoms with E-state index < -0.39 is 4.92 Å². The minimum Gasteiger partial charge on any atom is -0.258 e. The minimum atomic E-state index is -0.434. The van der Waals surface area contributed by atoms with Crippen molar-refractivity contribution in [2.24, 2.45) is 0 Å². The molecular weight excluding hydrogens is 250 g/mol. The van der Waals surface area contributed by atoms with E-state index in [-0.39, 0.29) is 5.69 Å². The van der Waals surface area contributed by atoms with E-state index in [1.807, 2.05) is 12.1 Å². The van der Waals surface area contributed by atoms with Crippen molar-refractivity contribution in [3.05, 3.63) is 74.8 Å². The van der Waals surface area contributed by atoms with Crippen LogP contribution < -0.4 is 0 Å². The number of nitrogens with zero attached hydrogens (tertiary/aromatic N) is 1. The Balaban J connectivity index is 2.19. The Hall–Kier alpha value is -2.31. The second-order valence-corrected chi connectivity index (χ2v) is 4.00. The molecule has 0 heterocycles. The zero-order chi connectivity index (χ0) is 13.0. The van der Waals surface area contributed by atoms with Crippen LogP contribution in [0.2, 0.25) is 5.02 Å². The van der Waals surface area contributed by atoms with Crippen molar-refractivity contribution in [1.29, 1.82) is 0 Å². The Labute approximate surface area is 109 Å². The van der Waals surface area contributed by atoms with Gasteiger partial charge in [0.2, 0.25) is 0 Å². The first-order valence-electron chi connectivity index (χ1n) is 5.17. The van der Waals surface area contributed by atoms with Crippen molar-refractivity contribution in [3.63, 3.8) is 0 Å². The van der Waals surface area contributed by atoms with E-state index in [0.29, 0.717) is 5.02 Å². The van der Waals surface area contributed by atoms with Crippen molar-refractivity contribution in [1.82, 2.24) is 0 Å². The van der Waals surface area contributed by atoms with Crippen LogP contribution in [-0.4, -0.2) is 4.92 Å². The third-order valence-electron chi connectivity index (χ3n) is 2.27. The van der Waals surface area contributed by atoms with Gasteiger partial charge in [0.15, 0.2) is 0 Å². The molecule has 0 aromatic heterocycles. The number of nitro benzene ring substituents is 1. The summed E-state index contributed by atoms with van der Waals surface area (Å²) in [6.07, 6.45) is 0. The Kier molecular flexibility index (Phi) is 3.61. The molecule has 0 fully saturated rings. The molecule has 3 nitrogen and oxygen atoms in total. The molecular formula is C14H8ClNO2. The van der Waals surface area contributed by atoms with Gasteiger partial charge in [0.25, 0.3) is 5.69 Å². The highest BCUT2D eigenvalue weighted by atomic mass is 35.5. The summed E-state index contributed by atoms with van der Waals surface area (Å²) in [6, 6.07) is 13.3. The average molecular weight is 258 g/mol. The fraction of sp³-hybridized carbons (Fsp3) is 0. The van der Waals surface area contributed by atoms with Gasteiger partial charge in [0, 0.05) is 28.3 Å². The maximum atomic E-state index is 10.5. The predicted molar refractivity (Wildman–Crippen MR) is 70.5 cm³/mol. The van der Waals surface area contributed by atoms with Gasteiger partial charge in [-0.3, -0.25) is 10.1 Å². The molecule has 0 bridgehead atoms. The number of non-ortho nitro benzene ring substituents is 1. The Bertz CT molecular complexity index is 622. The van der Waals surface area contributed by atoms with Crippen LogP contribution in [0, 0.1) is 22.0 Å². The van der Waals surface area contributed by atoms with Crippen LogP contribution in [0.4, 0.5) is 5.69 Å². The molecule has 0 saturated carbocycles. The van der Waals surface area contributed by atoms with Crippen molar-refractivity contribution >= 4 is 17.3 Å². The predicted octanol–water partition coefficient (Wildman–Crippen LogP) is 3.65. The molecule has 0 amide bonds. The fourth-order valence-electron chi connectivity index (χ4n) is 1.34. The minimum absolute atomic E-state index is 0.0621. The van der Waals surface area contributed by atoms with Crippen molar-refractivity contribution in [3.8, 4) is 11.8 Å². The van der Waals surface area contributed by atoms with Gasteiger partial charge in [-0.25, -0.2) is 0 Å². The summed E-state index contributed by atoms with van der Waals surface area (Å²) in [7, 11) is 0. The molecule has 0 atom stereocenters. The van der Waals surface area contributed by atoms with Gasteiger partial charge in [-0.05, 0) is 36.4 Å². The second kappa shape index (κ2) is 5.35. The van der Waals surface area contributed by atoms with Crippen LogP contribution >= 0.6 is 11.6 Å². The van der Waals surface area contributed by atoms with Crippen LogP contribution in [0.5, 0.6) is 0 Å². The normalized spacial score (nSPS) is 9.39. The van der Waals surface area contributed by atoms with E-state index in [4.69, 9.17) is 11.6 Å². The molecule has 18 heavy (non-hydrogen) atoms. The molecule has 2 aromatic carbocycles. The SMILES string of the molecule is O=[N+]([O-])c1ccc(C#Cc2ccc(Cl)cc2)cc1. The lowest BCUT2D eigenvalue weighted by Gasteiger charge is -1.92. The number of benzene rings is 2. The number of nitro groups is 1. The molecule has 88 valence electrons. The van der Waals surface area contributed by atoms with Crippen LogP contribution in [0.15, 0.2) is 48.5 Å². The quantitative estimate of drug-likeness (QED) is 0.445. The molecule has 0 aliphatic rings. The zero-order valence-electron chi connectivity index (χ0n) is 9.26. The first kappa shape index (κ1) is 12.2. The molecule has 0 radical (unpaired) electrons. The number of rotatable bonds is 1. The smallest absolute Gasteiger partial charge is 0.258 e. The first-order chi connectivity index (χ1) is 8.65. The van der Waals surface area contributed by atoms with E-state index in [9.17, 15) is 10.1 Å². The number of halogens is 1. The van der Waals surface area contributed by atoms with Gasteiger partial charge in [-0.1, -0.05) is 23.4 Å². The maximum absolute atomic E-state index is 10.5. The third-order valence-corrected chi connectivity index (χ3v) is 2.53. The lowest BCUT2D eigenvalue weighted by Crippen LogP contribution is -1.86. The largest absolute Gasteiger partial charge is 0.269 e. The summed E-state index contributed by atoms with van der Waals surface area (Å²) in [5.41, 5.74) is 1.64. The number of hydrogen-bond acceptors (Lipinski definition) is 2. The first-order valence-corrected chi connectivity index (χ1v) is 5.55. The standard InChI is InChI=1S/C14H8ClNO2/c15-13-7-3-11(4-8-13)1-2-12-5-9-14(10-6-12)16(17)18/h3-10H. The molecule has 0 spiro atoms. The Morgan fingerprint density at radius 1 is 0.889 bits per heavy atom. The highest BCUT2D eigenvalue weighted by Crippen LogP contribution is 2.12. The second-order valence-electron chi connectivity index (χ2n) is 3.56. The van der Waals surface area contributed by atoms with Crippen LogP contribution in [0.3, 0.4) is 0 Å². The highest BCUT2D eigenvalue weighted by Gasteiger charge is 2.02. The lowest BCUT2D eigenvalue weighted by atomic mass is 10.2. The molecule has 2 aromatic rings. The summed E-state index contributed by atoms with van der Waals surface area (Å²) in [6.45, 7) is 0. The molecule has 4 heteroatoms. The van der Waals surface area contributed by atoms with Gasteiger partial charge < -0.3 is 0 Å². The lowest BCUT2D eigenvalue weighted by molar-refractivity contribution is -0.384. The summed E-state index contributed by atoms with van der Waals surface area (Å²) in [4.78, 5) is 10.0. The average Bonchev–Trinajstić information content (AvgIpc) is 2.38. The maximum Gasteiger partial charge on any atom is 0.269 e. The van der Waals surface area contributed by atoms with Crippen molar-refractivity contribution < 1.29 is 4.92 Å². The van der Waals surface area contributed by atoms with Gasteiger partial charge in [0.1, 0.15) is 0 Å². The van der Waals surface area contributed by atoms with E-state index in [0.717, 1.165) is 11.1 Å². The molecule has 0 saturated heterocycles. The molecule has 2 rings (SSSR count). The molecule has 0 N–H and O–H groups in total.